The molecule has 2 heterocycles. The Morgan fingerprint density at radius 3 is 2.27 bits per heavy atom. The van der Waals surface area contributed by atoms with Crippen molar-refractivity contribution in [2.75, 3.05) is 14.2 Å². The molecule has 0 aliphatic carbocycles. The smallest absolute Gasteiger partial charge is 0.346 e. The van der Waals surface area contributed by atoms with Gasteiger partial charge in [0.1, 0.15) is 12.2 Å². The van der Waals surface area contributed by atoms with E-state index >= 15 is 0 Å². The average Bonchev–Trinajstić information content (AvgIpc) is 3.34. The van der Waals surface area contributed by atoms with Gasteiger partial charge in [0.05, 0.1) is 14.2 Å². The summed E-state index contributed by atoms with van der Waals surface area (Å²) in [5.74, 6) is -3.13. The molecule has 2 aliphatic heterocycles. The molecule has 1 aromatic rings. The highest BCUT2D eigenvalue weighted by atomic mass is 16.8. The molecular formula is C37H52N2O13. The fourth-order valence-corrected chi connectivity index (χ4v) is 6.95. The molecule has 10 atom stereocenters. The minimum absolute atomic E-state index is 0.0687. The molecule has 0 unspecified atom stereocenters. The molecule has 2 saturated heterocycles. The van der Waals surface area contributed by atoms with Crippen molar-refractivity contribution in [3.63, 3.8) is 0 Å². The minimum atomic E-state index is -3.43. The lowest BCUT2D eigenvalue weighted by atomic mass is 9.74. The van der Waals surface area contributed by atoms with Gasteiger partial charge in [-0.3, -0.25) is 15.0 Å². The third-order valence-electron chi connectivity index (χ3n) is 9.78. The fourth-order valence-electron chi connectivity index (χ4n) is 6.95. The molecule has 0 spiro atoms. The predicted molar refractivity (Wildman–Crippen MR) is 184 cm³/mol. The Balaban J connectivity index is 2.10. The molecule has 5 N–H and O–H groups in total. The maximum absolute atomic E-state index is 13.8. The largest absolute Gasteiger partial charge is 0.467 e. The normalized spacial score (nSPS) is 28.9. The highest BCUT2D eigenvalue weighted by Gasteiger charge is 2.86. The monoisotopic (exact) mass is 732 g/mol. The molecule has 52 heavy (non-hydrogen) atoms. The molecule has 288 valence electrons. The van der Waals surface area contributed by atoms with Gasteiger partial charge in [0.25, 0.3) is 11.5 Å². The number of nitrogens with one attached hydrogen (secondary N) is 1. The van der Waals surface area contributed by atoms with Crippen LogP contribution in [0.15, 0.2) is 54.6 Å². The van der Waals surface area contributed by atoms with Gasteiger partial charge in [-0.05, 0) is 42.2 Å². The van der Waals surface area contributed by atoms with E-state index in [1.807, 2.05) is 51.1 Å². The van der Waals surface area contributed by atoms with Crippen molar-refractivity contribution in [2.24, 2.45) is 23.6 Å². The number of benzene rings is 1. The zero-order chi connectivity index (χ0) is 39.0. The van der Waals surface area contributed by atoms with Crippen molar-refractivity contribution >= 4 is 29.8 Å². The number of esters is 4. The summed E-state index contributed by atoms with van der Waals surface area (Å²) in [6, 6.07) is 9.46. The zero-order valence-corrected chi connectivity index (χ0v) is 30.8. The van der Waals surface area contributed by atoms with Crippen LogP contribution in [0.4, 0.5) is 0 Å². The number of carbonyl (C=O) groups is 5. The van der Waals surface area contributed by atoms with Crippen LogP contribution in [0.25, 0.3) is 0 Å². The Hall–Kier alpha value is -4.15. The van der Waals surface area contributed by atoms with Crippen LogP contribution in [0.5, 0.6) is 0 Å². The van der Waals surface area contributed by atoms with Crippen LogP contribution >= 0.6 is 0 Å². The first kappa shape index (κ1) is 42.3. The van der Waals surface area contributed by atoms with E-state index in [-0.39, 0.29) is 18.3 Å². The number of fused-ring (bicyclic) bond motifs is 2. The van der Waals surface area contributed by atoms with Gasteiger partial charge in [0.2, 0.25) is 11.4 Å². The lowest BCUT2D eigenvalue weighted by Gasteiger charge is -2.50. The molecule has 3 rings (SSSR count). The Labute approximate surface area is 303 Å². The number of methoxy groups -OCH3 is 2. The first-order chi connectivity index (χ1) is 24.5. The molecule has 2 bridgehead atoms. The Morgan fingerprint density at radius 2 is 1.71 bits per heavy atom. The maximum atomic E-state index is 13.8. The van der Waals surface area contributed by atoms with E-state index in [1.54, 1.807) is 11.5 Å². The molecule has 0 radical (unpaired) electrons. The summed E-state index contributed by atoms with van der Waals surface area (Å²) in [5.41, 5.74) is -3.48. The maximum Gasteiger partial charge on any atom is 0.346 e. The Morgan fingerprint density at radius 1 is 1.08 bits per heavy atom. The van der Waals surface area contributed by atoms with Crippen LogP contribution < -0.4 is 11.3 Å². The zero-order valence-electron chi connectivity index (χ0n) is 30.8. The molecule has 0 aromatic heterocycles. The first-order valence-corrected chi connectivity index (χ1v) is 17.2. The molecular weight excluding hydrogens is 680 g/mol. The fraction of sp³-hybridized carbons (Fsp3) is 0.595. The van der Waals surface area contributed by atoms with Gasteiger partial charge in [-0.1, -0.05) is 77.1 Å². The van der Waals surface area contributed by atoms with Crippen LogP contribution in [0.2, 0.25) is 0 Å². The van der Waals surface area contributed by atoms with Crippen LogP contribution in [0.3, 0.4) is 0 Å². The van der Waals surface area contributed by atoms with Crippen molar-refractivity contribution in [1.29, 1.82) is 0 Å². The number of hydrogen-bond donors (Lipinski definition) is 4. The number of ether oxygens (including phenoxy) is 6. The number of aliphatic hydroxyl groups excluding tert-OH is 1. The Bertz CT molecular complexity index is 1500. The van der Waals surface area contributed by atoms with Gasteiger partial charge < -0.3 is 38.6 Å². The molecule has 15 heteroatoms. The lowest BCUT2D eigenvalue weighted by Crippen LogP contribution is -2.79. The summed E-state index contributed by atoms with van der Waals surface area (Å²) in [6.07, 6.45) is -3.32. The standard InChI is InChI=1S/C37H52N2O13/c1-9-21(2)19-22(3)15-16-27(41)50-30-29(42)35(18-17-23(4)28(49-25(6)40)24(5)20-26-13-11-10-12-14-26)51-31(32(43)39-38)36(46,33(44)47-7)37(30,52-35)34(45)48-8/h10-16,21-22,24,28-31,42,46H,4,9,17-20,38H2,1-3,5-8H3,(H,39,43)/b16-15+/t21-,22+,24+,28+,29+,30+,31+,35+,36+,37+/m0/s1. The van der Waals surface area contributed by atoms with Crippen molar-refractivity contribution in [1.82, 2.24) is 5.43 Å². The molecule has 1 amide bonds. The third-order valence-corrected chi connectivity index (χ3v) is 9.78. The van der Waals surface area contributed by atoms with Gasteiger partial charge in [-0.15, -0.1) is 0 Å². The van der Waals surface area contributed by atoms with Crippen LogP contribution in [-0.2, 0) is 58.8 Å². The number of nitrogens with two attached hydrogens (primary N) is 1. The number of carbonyl (C=O) groups excluding carboxylic acids is 5. The minimum Gasteiger partial charge on any atom is -0.467 e. The van der Waals surface area contributed by atoms with Crippen LogP contribution in [0.1, 0.15) is 65.9 Å². The van der Waals surface area contributed by atoms with E-state index in [0.717, 1.165) is 38.7 Å². The molecule has 0 saturated carbocycles. The summed E-state index contributed by atoms with van der Waals surface area (Å²) in [5, 5.41) is 24.1. The van der Waals surface area contributed by atoms with E-state index in [0.29, 0.717) is 17.9 Å². The molecule has 2 fully saturated rings. The van der Waals surface area contributed by atoms with Crippen LogP contribution in [-0.4, -0.2) is 95.6 Å². The number of amides is 1. The van der Waals surface area contributed by atoms with Gasteiger partial charge in [0.15, 0.2) is 12.2 Å². The second-order valence-corrected chi connectivity index (χ2v) is 13.6. The van der Waals surface area contributed by atoms with Crippen molar-refractivity contribution in [3.8, 4) is 0 Å². The first-order valence-electron chi connectivity index (χ1n) is 17.2. The van der Waals surface area contributed by atoms with Crippen molar-refractivity contribution < 1.29 is 62.6 Å². The summed E-state index contributed by atoms with van der Waals surface area (Å²) in [4.78, 5) is 66.1. The quantitative estimate of drug-likeness (QED) is 0.0343. The van der Waals surface area contributed by atoms with E-state index < -0.39 is 77.6 Å². The molecule has 2 aliphatic rings. The van der Waals surface area contributed by atoms with E-state index in [1.165, 1.54) is 6.92 Å². The lowest BCUT2D eigenvalue weighted by molar-refractivity contribution is -0.372. The SMILES string of the molecule is C=C(CC[C@@]12O[C@H](C(=O)NN)[C@@](O)(C(=O)OC)[C@@](C(=O)OC)(O1)[C@H](OC(=O)/C=C/[C@@H](C)C[C@@H](C)CC)[C@H]2O)[C@@H](OC(C)=O)[C@H](C)Cc1ccccc1. The summed E-state index contributed by atoms with van der Waals surface area (Å²) in [7, 11) is 1.75. The molecule has 1 aromatic carbocycles. The topological polar surface area (TPSA) is 219 Å². The summed E-state index contributed by atoms with van der Waals surface area (Å²) < 4.78 is 33.1. The van der Waals surface area contributed by atoms with E-state index in [9.17, 15) is 34.2 Å². The van der Waals surface area contributed by atoms with E-state index in [2.05, 4.69) is 13.5 Å². The van der Waals surface area contributed by atoms with E-state index in [4.69, 9.17) is 34.3 Å². The second kappa shape index (κ2) is 17.6. The summed E-state index contributed by atoms with van der Waals surface area (Å²) in [6.45, 7) is 13.2. The third kappa shape index (κ3) is 8.39. The van der Waals surface area contributed by atoms with Crippen molar-refractivity contribution in [2.45, 2.75) is 108 Å². The van der Waals surface area contributed by atoms with Crippen LogP contribution in [0, 0.1) is 17.8 Å². The average molecular weight is 733 g/mol. The Kier molecular flexibility index (Phi) is 14.3. The number of hydrazine groups is 1. The highest BCUT2D eigenvalue weighted by Crippen LogP contribution is 2.56. The van der Waals surface area contributed by atoms with Crippen molar-refractivity contribution in [3.05, 3.63) is 60.2 Å². The number of hydrogen-bond acceptors (Lipinski definition) is 14. The second-order valence-electron chi connectivity index (χ2n) is 13.6. The predicted octanol–water partition coefficient (Wildman–Crippen LogP) is 1.97. The van der Waals surface area contributed by atoms with Gasteiger partial charge in [-0.25, -0.2) is 20.2 Å². The van der Waals surface area contributed by atoms with Gasteiger partial charge in [0, 0.05) is 25.3 Å². The number of rotatable bonds is 17. The number of allylic oxidation sites excluding steroid dienone is 1. The van der Waals surface area contributed by atoms with Gasteiger partial charge in [-0.2, -0.15) is 0 Å². The summed E-state index contributed by atoms with van der Waals surface area (Å²) >= 11 is 0. The molecule has 15 nitrogen and oxygen atoms in total. The number of aliphatic hydroxyl groups is 2. The van der Waals surface area contributed by atoms with Gasteiger partial charge >= 0.3 is 23.9 Å². The highest BCUT2D eigenvalue weighted by molar-refractivity contribution is 6.00.